The fraction of sp³-hybridized carbons (Fsp3) is 0.333. The molecule has 1 aliphatic heterocycles. The van der Waals surface area contributed by atoms with Crippen LogP contribution in [0, 0.1) is 0 Å². The lowest BCUT2D eigenvalue weighted by Crippen LogP contribution is -2.26. The molecule has 0 saturated carbocycles. The molecule has 3 nitrogen and oxygen atoms in total. The van der Waals surface area contributed by atoms with Gasteiger partial charge in [-0.1, -0.05) is 30.3 Å². The van der Waals surface area contributed by atoms with Gasteiger partial charge in [-0.05, 0) is 12.5 Å². The van der Waals surface area contributed by atoms with Crippen molar-refractivity contribution in [3.05, 3.63) is 35.9 Å². The van der Waals surface area contributed by atoms with Crippen molar-refractivity contribution < 1.29 is 9.59 Å². The third kappa shape index (κ3) is 1.65. The average molecular weight is 203 g/mol. The van der Waals surface area contributed by atoms with E-state index in [9.17, 15) is 9.59 Å². The van der Waals surface area contributed by atoms with Gasteiger partial charge in [0.1, 0.15) is 0 Å². The molecule has 3 heteroatoms. The normalized spacial score (nSPS) is 21.1. The molecule has 1 saturated heterocycles. The van der Waals surface area contributed by atoms with Gasteiger partial charge in [-0.2, -0.15) is 0 Å². The van der Waals surface area contributed by atoms with E-state index in [-0.39, 0.29) is 17.6 Å². The first-order valence-corrected chi connectivity index (χ1v) is 5.12. The molecular formula is C12H13NO2. The largest absolute Gasteiger partial charge is 0.335 e. The Hall–Kier alpha value is -1.64. The molecule has 0 aromatic heterocycles. The summed E-state index contributed by atoms with van der Waals surface area (Å²) in [6.45, 7) is 3.02. The summed E-state index contributed by atoms with van der Waals surface area (Å²) in [7, 11) is 0. The van der Waals surface area contributed by atoms with Crippen LogP contribution in [0.3, 0.4) is 0 Å². The molecule has 15 heavy (non-hydrogen) atoms. The second-order valence-electron chi connectivity index (χ2n) is 3.67. The number of hydrogen-bond donors (Lipinski definition) is 0. The molecule has 0 spiro atoms. The first kappa shape index (κ1) is 9.90. The van der Waals surface area contributed by atoms with Crippen molar-refractivity contribution in [1.29, 1.82) is 0 Å². The van der Waals surface area contributed by atoms with Crippen molar-refractivity contribution >= 4 is 11.7 Å². The third-order valence-corrected chi connectivity index (χ3v) is 2.80. The summed E-state index contributed by atoms with van der Waals surface area (Å²) >= 11 is 0. The number of ketones is 1. The maximum atomic E-state index is 11.7. The van der Waals surface area contributed by atoms with E-state index in [4.69, 9.17) is 0 Å². The second-order valence-corrected chi connectivity index (χ2v) is 3.67. The van der Waals surface area contributed by atoms with Crippen molar-refractivity contribution in [3.63, 3.8) is 0 Å². The Morgan fingerprint density at radius 2 is 1.93 bits per heavy atom. The summed E-state index contributed by atoms with van der Waals surface area (Å²) in [6, 6.07) is 9.48. The van der Waals surface area contributed by atoms with Crippen LogP contribution in [0.2, 0.25) is 0 Å². The molecule has 1 aromatic carbocycles. The summed E-state index contributed by atoms with van der Waals surface area (Å²) in [5, 5.41) is 0. The molecule has 0 aliphatic carbocycles. The Morgan fingerprint density at radius 3 is 2.47 bits per heavy atom. The van der Waals surface area contributed by atoms with Crippen molar-refractivity contribution in [2.75, 3.05) is 13.1 Å². The molecule has 1 atom stereocenters. The van der Waals surface area contributed by atoms with Crippen LogP contribution in [-0.2, 0) is 9.59 Å². The Morgan fingerprint density at radius 1 is 1.27 bits per heavy atom. The Bertz CT molecular complexity index is 386. The molecule has 1 amide bonds. The van der Waals surface area contributed by atoms with Gasteiger partial charge in [-0.3, -0.25) is 9.59 Å². The number of amides is 1. The highest BCUT2D eigenvalue weighted by Crippen LogP contribution is 2.24. The van der Waals surface area contributed by atoms with Crippen LogP contribution in [0.25, 0.3) is 0 Å². The second kappa shape index (κ2) is 3.85. The van der Waals surface area contributed by atoms with Gasteiger partial charge in [0, 0.05) is 13.1 Å². The predicted molar refractivity (Wildman–Crippen MR) is 56.4 cm³/mol. The number of rotatable bonds is 2. The van der Waals surface area contributed by atoms with E-state index in [1.165, 1.54) is 0 Å². The number of nitrogens with zero attached hydrogens (tertiary/aromatic N) is 1. The Balaban J connectivity index is 2.26. The van der Waals surface area contributed by atoms with E-state index in [1.54, 1.807) is 4.90 Å². The van der Waals surface area contributed by atoms with E-state index < -0.39 is 0 Å². The van der Waals surface area contributed by atoms with Gasteiger partial charge in [-0.15, -0.1) is 0 Å². The van der Waals surface area contributed by atoms with Gasteiger partial charge in [0.2, 0.25) is 5.78 Å². The highest BCUT2D eigenvalue weighted by atomic mass is 16.2. The van der Waals surface area contributed by atoms with Gasteiger partial charge in [0.05, 0.1) is 5.92 Å². The first-order chi connectivity index (χ1) is 7.24. The van der Waals surface area contributed by atoms with E-state index in [1.807, 2.05) is 37.3 Å². The zero-order valence-electron chi connectivity index (χ0n) is 8.64. The fourth-order valence-corrected chi connectivity index (χ4v) is 1.91. The van der Waals surface area contributed by atoms with Gasteiger partial charge in [-0.25, -0.2) is 0 Å². The molecule has 2 rings (SSSR count). The lowest BCUT2D eigenvalue weighted by atomic mass is 9.97. The Labute approximate surface area is 88.7 Å². The van der Waals surface area contributed by atoms with Crippen LogP contribution in [0.4, 0.5) is 0 Å². The van der Waals surface area contributed by atoms with E-state index in [2.05, 4.69) is 0 Å². The average Bonchev–Trinajstić information content (AvgIpc) is 2.57. The highest BCUT2D eigenvalue weighted by molar-refractivity contribution is 6.40. The van der Waals surface area contributed by atoms with E-state index in [0.717, 1.165) is 5.56 Å². The third-order valence-electron chi connectivity index (χ3n) is 2.80. The number of likely N-dealkylation sites (N-methyl/N-ethyl adjacent to an activating group) is 1. The quantitative estimate of drug-likeness (QED) is 0.677. The Kier molecular flexibility index (Phi) is 2.54. The van der Waals surface area contributed by atoms with Crippen LogP contribution in [0.5, 0.6) is 0 Å². The van der Waals surface area contributed by atoms with Crippen LogP contribution >= 0.6 is 0 Å². The first-order valence-electron chi connectivity index (χ1n) is 5.12. The molecule has 0 N–H and O–H groups in total. The SMILES string of the molecule is CCN1CC(c2ccccc2)C(=O)C1=O. The molecule has 1 aromatic rings. The number of likely N-dealkylation sites (tertiary alicyclic amines) is 1. The maximum Gasteiger partial charge on any atom is 0.290 e. The minimum Gasteiger partial charge on any atom is -0.335 e. The van der Waals surface area contributed by atoms with Crippen molar-refractivity contribution in [1.82, 2.24) is 4.90 Å². The number of carbonyl (C=O) groups excluding carboxylic acids is 2. The molecule has 1 unspecified atom stereocenters. The number of Topliss-reactive ketones (excluding diaryl/α,β-unsaturated/α-hetero) is 1. The molecule has 1 fully saturated rings. The summed E-state index contributed by atoms with van der Waals surface area (Å²) in [5.41, 5.74) is 0.937. The molecule has 1 aliphatic rings. The lowest BCUT2D eigenvalue weighted by molar-refractivity contribution is -0.140. The molecule has 1 heterocycles. The number of carbonyl (C=O) groups is 2. The summed E-state index contributed by atoms with van der Waals surface area (Å²) < 4.78 is 0. The minimum atomic E-state index is -0.341. The molecule has 0 bridgehead atoms. The number of benzene rings is 1. The standard InChI is InChI=1S/C12H13NO2/c1-2-13-8-10(11(14)12(13)15)9-6-4-3-5-7-9/h3-7,10H,2,8H2,1H3. The fourth-order valence-electron chi connectivity index (χ4n) is 1.91. The van der Waals surface area contributed by atoms with E-state index in [0.29, 0.717) is 13.1 Å². The van der Waals surface area contributed by atoms with Crippen molar-refractivity contribution in [2.45, 2.75) is 12.8 Å². The zero-order chi connectivity index (χ0) is 10.8. The molecular weight excluding hydrogens is 190 g/mol. The van der Waals surface area contributed by atoms with Gasteiger partial charge in [0.25, 0.3) is 5.91 Å². The van der Waals surface area contributed by atoms with Crippen LogP contribution in [0.15, 0.2) is 30.3 Å². The van der Waals surface area contributed by atoms with E-state index >= 15 is 0 Å². The van der Waals surface area contributed by atoms with Crippen molar-refractivity contribution in [3.8, 4) is 0 Å². The van der Waals surface area contributed by atoms with Crippen LogP contribution < -0.4 is 0 Å². The zero-order valence-corrected chi connectivity index (χ0v) is 8.64. The minimum absolute atomic E-state index is 0.265. The predicted octanol–water partition coefficient (Wildman–Crippen LogP) is 1.20. The highest BCUT2D eigenvalue weighted by Gasteiger charge is 2.38. The summed E-state index contributed by atoms with van der Waals surface area (Å²) in [4.78, 5) is 24.8. The summed E-state index contributed by atoms with van der Waals surface area (Å²) in [5.74, 6) is -0.881. The smallest absolute Gasteiger partial charge is 0.290 e. The van der Waals surface area contributed by atoms with Gasteiger partial charge < -0.3 is 4.90 Å². The topological polar surface area (TPSA) is 37.4 Å². The molecule has 78 valence electrons. The monoisotopic (exact) mass is 203 g/mol. The number of hydrogen-bond acceptors (Lipinski definition) is 2. The van der Waals surface area contributed by atoms with Gasteiger partial charge in [0.15, 0.2) is 0 Å². The maximum absolute atomic E-state index is 11.7. The van der Waals surface area contributed by atoms with Gasteiger partial charge >= 0.3 is 0 Å². The van der Waals surface area contributed by atoms with Crippen LogP contribution in [-0.4, -0.2) is 29.7 Å². The van der Waals surface area contributed by atoms with Crippen molar-refractivity contribution in [2.24, 2.45) is 0 Å². The molecule has 0 radical (unpaired) electrons. The lowest BCUT2D eigenvalue weighted by Gasteiger charge is -2.11. The van der Waals surface area contributed by atoms with Crippen LogP contribution in [0.1, 0.15) is 18.4 Å². The summed E-state index contributed by atoms with van der Waals surface area (Å²) in [6.07, 6.45) is 0.